The van der Waals surface area contributed by atoms with Crippen LogP contribution in [-0.2, 0) is 9.47 Å². The van der Waals surface area contributed by atoms with E-state index in [0.29, 0.717) is 19.8 Å². The molecule has 0 radical (unpaired) electrons. The molecule has 1 aromatic heterocycles. The minimum absolute atomic E-state index is 0.0133. The molecule has 2 heterocycles. The Morgan fingerprint density at radius 2 is 1.64 bits per heavy atom. The molecule has 0 saturated carbocycles. The molecule has 0 spiro atoms. The van der Waals surface area contributed by atoms with Crippen molar-refractivity contribution in [2.24, 2.45) is 5.92 Å². The van der Waals surface area contributed by atoms with E-state index in [0.717, 1.165) is 100.0 Å². The fourth-order valence-corrected chi connectivity index (χ4v) is 9.36. The van der Waals surface area contributed by atoms with Gasteiger partial charge in [0.15, 0.2) is 11.2 Å². The van der Waals surface area contributed by atoms with Crippen molar-refractivity contribution in [2.45, 2.75) is 87.5 Å². The molecule has 6 rings (SSSR count). The average Bonchev–Trinajstić information content (AvgIpc) is 3.14. The summed E-state index contributed by atoms with van der Waals surface area (Å²) in [4.78, 5) is 32.0. The predicted molar refractivity (Wildman–Crippen MR) is 221 cm³/mol. The van der Waals surface area contributed by atoms with E-state index in [9.17, 15) is 9.59 Å². The lowest BCUT2D eigenvalue weighted by atomic mass is 9.90. The summed E-state index contributed by atoms with van der Waals surface area (Å²) >= 11 is 3.45. The molecule has 2 aromatic carbocycles. The SMILES string of the molecule is CN(CCCOc1ccc2sc3c(c(=O)c2c1)=CCCC=3)CCC(C)(C)OCCC(C)(C)N(C)CCCOC1=CC2C(=O)c3ccccc3SC2C=C1. The Morgan fingerprint density at radius 1 is 0.868 bits per heavy atom. The van der Waals surface area contributed by atoms with Crippen LogP contribution in [0.3, 0.4) is 0 Å². The molecular formula is C44H56N2O5S2. The first-order valence-corrected chi connectivity index (χ1v) is 20.9. The van der Waals surface area contributed by atoms with Gasteiger partial charge < -0.3 is 24.0 Å². The van der Waals surface area contributed by atoms with E-state index in [2.05, 4.69) is 69.8 Å². The van der Waals surface area contributed by atoms with Crippen molar-refractivity contribution < 1.29 is 19.0 Å². The van der Waals surface area contributed by atoms with Gasteiger partial charge in [0.05, 0.1) is 24.7 Å². The first-order valence-electron chi connectivity index (χ1n) is 19.2. The lowest BCUT2D eigenvalue weighted by Crippen LogP contribution is -2.43. The second kappa shape index (κ2) is 17.5. The Balaban J connectivity index is 0.849. The Bertz CT molecular complexity index is 2020. The van der Waals surface area contributed by atoms with Crippen LogP contribution in [0.4, 0.5) is 0 Å². The zero-order chi connectivity index (χ0) is 37.6. The molecule has 0 fully saturated rings. The maximum absolute atomic E-state index is 13.1. The summed E-state index contributed by atoms with van der Waals surface area (Å²) in [6, 6.07) is 13.8. The molecule has 53 heavy (non-hydrogen) atoms. The predicted octanol–water partition coefficient (Wildman–Crippen LogP) is 7.44. The molecule has 2 unspecified atom stereocenters. The number of allylic oxidation sites excluding steroid dienone is 2. The zero-order valence-electron chi connectivity index (χ0n) is 32.3. The number of nitrogens with zero attached hydrogens (tertiary/aromatic N) is 2. The fraction of sp³-hybridized carbons (Fsp3) is 0.500. The molecule has 0 saturated heterocycles. The number of carbonyl (C=O) groups excluding carboxylic acids is 1. The minimum atomic E-state index is -0.218. The topological polar surface area (TPSA) is 68.3 Å². The number of benzene rings is 2. The number of hydrogen-bond acceptors (Lipinski definition) is 9. The molecule has 7 nitrogen and oxygen atoms in total. The highest BCUT2D eigenvalue weighted by atomic mass is 32.2. The second-order valence-corrected chi connectivity index (χ2v) is 18.1. The van der Waals surface area contributed by atoms with Gasteiger partial charge in [-0.05, 0) is 117 Å². The highest BCUT2D eigenvalue weighted by Crippen LogP contribution is 2.42. The smallest absolute Gasteiger partial charge is 0.195 e. The quantitative estimate of drug-likeness (QED) is 0.124. The molecule has 0 amide bonds. The van der Waals surface area contributed by atoms with Crippen molar-refractivity contribution >= 4 is 51.1 Å². The summed E-state index contributed by atoms with van der Waals surface area (Å²) in [6.07, 6.45) is 16.0. The van der Waals surface area contributed by atoms with E-state index >= 15 is 0 Å². The first-order chi connectivity index (χ1) is 25.4. The number of ether oxygens (including phenoxy) is 3. The third-order valence-electron chi connectivity index (χ3n) is 10.8. The Kier molecular flexibility index (Phi) is 13.0. The van der Waals surface area contributed by atoms with Crippen molar-refractivity contribution in [3.63, 3.8) is 0 Å². The van der Waals surface area contributed by atoms with Crippen molar-refractivity contribution in [3.05, 3.63) is 92.0 Å². The van der Waals surface area contributed by atoms with Crippen LogP contribution < -0.4 is 19.9 Å². The third kappa shape index (κ3) is 10.1. The molecule has 1 aliphatic heterocycles. The maximum atomic E-state index is 13.1. The van der Waals surface area contributed by atoms with E-state index in [1.54, 1.807) is 23.1 Å². The lowest BCUT2D eigenvalue weighted by molar-refractivity contribution is -0.0427. The Morgan fingerprint density at radius 3 is 2.49 bits per heavy atom. The molecule has 3 aromatic rings. The van der Waals surface area contributed by atoms with Gasteiger partial charge >= 0.3 is 0 Å². The number of ketones is 1. The summed E-state index contributed by atoms with van der Waals surface area (Å²) < 4.78 is 20.7. The molecule has 0 bridgehead atoms. The molecule has 2 atom stereocenters. The van der Waals surface area contributed by atoms with Crippen molar-refractivity contribution in [1.29, 1.82) is 0 Å². The van der Waals surface area contributed by atoms with Crippen LogP contribution in [0.1, 0.15) is 76.6 Å². The number of Topliss-reactive ketones (excluding diaryl/α,β-unsaturated/α-hetero) is 1. The van der Waals surface area contributed by atoms with E-state index in [1.807, 2.05) is 54.6 Å². The molecular weight excluding hydrogens is 701 g/mol. The largest absolute Gasteiger partial charge is 0.494 e. The number of hydrogen-bond donors (Lipinski definition) is 0. The van der Waals surface area contributed by atoms with E-state index in [4.69, 9.17) is 14.2 Å². The van der Waals surface area contributed by atoms with Gasteiger partial charge in [-0.1, -0.05) is 36.4 Å². The van der Waals surface area contributed by atoms with Gasteiger partial charge in [0.1, 0.15) is 11.5 Å². The number of rotatable bonds is 18. The van der Waals surface area contributed by atoms with Gasteiger partial charge in [0.25, 0.3) is 0 Å². The minimum Gasteiger partial charge on any atom is -0.494 e. The van der Waals surface area contributed by atoms with Crippen LogP contribution in [0.5, 0.6) is 5.75 Å². The summed E-state index contributed by atoms with van der Waals surface area (Å²) in [7, 11) is 4.33. The standard InChI is InChI=1S/C44H56N2O5S2/c1-43(2,46(6)24-12-27-50-32-18-20-40-36(30-32)42(48)34-14-8-10-16-38(34)53-40)22-28-51-44(3,4)21-25-45(5)23-11-26-49-31-17-19-39-35(29-31)41(47)33-13-7-9-15-37(33)52-39/h8,10,13-20,29-30,36,40H,7,9,11-12,21-28H2,1-6H3. The Hall–Kier alpha value is -3.21. The summed E-state index contributed by atoms with van der Waals surface area (Å²) in [5.74, 6) is 1.58. The van der Waals surface area contributed by atoms with E-state index in [-0.39, 0.29) is 33.5 Å². The molecule has 2 aliphatic carbocycles. The summed E-state index contributed by atoms with van der Waals surface area (Å²) in [5, 5.41) is 1.74. The van der Waals surface area contributed by atoms with Crippen LogP contribution in [0.2, 0.25) is 0 Å². The molecule has 284 valence electrons. The monoisotopic (exact) mass is 756 g/mol. The van der Waals surface area contributed by atoms with Crippen LogP contribution in [-0.4, -0.2) is 85.5 Å². The van der Waals surface area contributed by atoms with Gasteiger partial charge in [-0.2, -0.15) is 0 Å². The van der Waals surface area contributed by atoms with Gasteiger partial charge in [-0.25, -0.2) is 0 Å². The third-order valence-corrected chi connectivity index (χ3v) is 13.3. The zero-order valence-corrected chi connectivity index (χ0v) is 34.0. The fourth-order valence-electron chi connectivity index (χ4n) is 6.98. The van der Waals surface area contributed by atoms with E-state index < -0.39 is 0 Å². The molecule has 9 heteroatoms. The van der Waals surface area contributed by atoms with Crippen molar-refractivity contribution in [1.82, 2.24) is 9.80 Å². The van der Waals surface area contributed by atoms with Gasteiger partial charge in [-0.3, -0.25) is 9.59 Å². The highest BCUT2D eigenvalue weighted by Gasteiger charge is 2.35. The number of thioether (sulfide) groups is 1. The lowest BCUT2D eigenvalue weighted by Gasteiger charge is -2.37. The summed E-state index contributed by atoms with van der Waals surface area (Å²) in [5.41, 5.74) is 0.707. The normalized spacial score (nSPS) is 18.3. The van der Waals surface area contributed by atoms with Gasteiger partial charge in [0.2, 0.25) is 0 Å². The second-order valence-electron chi connectivity index (χ2n) is 15.8. The van der Waals surface area contributed by atoms with Gasteiger partial charge in [-0.15, -0.1) is 23.1 Å². The molecule has 0 N–H and O–H groups in total. The van der Waals surface area contributed by atoms with Crippen LogP contribution in [0.15, 0.2) is 76.1 Å². The number of carbonyl (C=O) groups is 1. The van der Waals surface area contributed by atoms with E-state index in [1.165, 1.54) is 0 Å². The maximum Gasteiger partial charge on any atom is 0.195 e. The van der Waals surface area contributed by atoms with Crippen molar-refractivity contribution in [3.8, 4) is 5.75 Å². The average molecular weight is 757 g/mol. The number of fused-ring (bicyclic) bond motifs is 4. The Labute approximate surface area is 323 Å². The van der Waals surface area contributed by atoms with Crippen LogP contribution in [0, 0.1) is 5.92 Å². The molecule has 3 aliphatic rings. The van der Waals surface area contributed by atoms with Crippen LogP contribution in [0.25, 0.3) is 22.2 Å². The first kappa shape index (κ1) is 39.5. The van der Waals surface area contributed by atoms with Gasteiger partial charge in [0, 0.05) is 67.3 Å². The van der Waals surface area contributed by atoms with Crippen LogP contribution >= 0.6 is 23.1 Å². The van der Waals surface area contributed by atoms with Crippen molar-refractivity contribution in [2.75, 3.05) is 53.6 Å². The summed E-state index contributed by atoms with van der Waals surface area (Å²) in [6.45, 7) is 13.6. The highest BCUT2D eigenvalue weighted by molar-refractivity contribution is 8.00.